The average Bonchev–Trinajstić information content (AvgIpc) is 2.61. The minimum absolute atomic E-state index is 0.197. The van der Waals surface area contributed by atoms with Crippen LogP contribution in [0.25, 0.3) is 0 Å². The van der Waals surface area contributed by atoms with Crippen LogP contribution in [0.15, 0.2) is 0 Å². The van der Waals surface area contributed by atoms with Gasteiger partial charge in [-0.05, 0) is 92.1 Å². The Morgan fingerprint density at radius 3 is 2.00 bits per heavy atom. The van der Waals surface area contributed by atoms with Crippen molar-refractivity contribution in [2.75, 3.05) is 45.8 Å². The molecule has 0 radical (unpaired) electrons. The number of ether oxygens (including phenoxy) is 1. The fourth-order valence-corrected chi connectivity index (χ4v) is 2.61. The molecule has 8 N–H and O–H groups in total. The molecule has 0 unspecified atom stereocenters. The van der Waals surface area contributed by atoms with Crippen molar-refractivity contribution in [2.24, 2.45) is 11.5 Å². The molecule has 9 heteroatoms. The van der Waals surface area contributed by atoms with Crippen LogP contribution in [-0.4, -0.2) is 69.5 Å². The Hall–Kier alpha value is -1.42. The number of amides is 2. The third-order valence-electron chi connectivity index (χ3n) is 4.07. The van der Waals surface area contributed by atoms with Crippen molar-refractivity contribution in [2.45, 2.75) is 70.9 Å². The van der Waals surface area contributed by atoms with Gasteiger partial charge in [-0.25, -0.2) is 4.79 Å². The summed E-state index contributed by atoms with van der Waals surface area (Å²) < 4.78 is 5.28. The Morgan fingerprint density at radius 2 is 1.45 bits per heavy atom. The highest BCUT2D eigenvalue weighted by molar-refractivity contribution is 5.74. The third kappa shape index (κ3) is 21.1. The lowest BCUT2D eigenvalue weighted by Crippen LogP contribution is -2.45. The van der Waals surface area contributed by atoms with Gasteiger partial charge in [0.2, 0.25) is 5.91 Å². The molecule has 172 valence electrons. The fourth-order valence-electron chi connectivity index (χ4n) is 2.61. The first-order chi connectivity index (χ1) is 13.7. The average molecular weight is 417 g/mol. The largest absolute Gasteiger partial charge is 0.444 e. The highest BCUT2D eigenvalue weighted by atomic mass is 16.6. The fraction of sp³-hybridized carbons (Fsp3) is 0.900. The molecule has 0 bridgehead atoms. The molecule has 0 spiro atoms. The number of hydrogen-bond donors (Lipinski definition) is 6. The van der Waals surface area contributed by atoms with Crippen molar-refractivity contribution in [3.63, 3.8) is 0 Å². The number of nitrogens with one attached hydrogen (secondary N) is 4. The Morgan fingerprint density at radius 1 is 0.897 bits per heavy atom. The number of unbranched alkanes of at least 4 members (excludes halogenated alkanes) is 1. The molecule has 0 heterocycles. The highest BCUT2D eigenvalue weighted by Crippen LogP contribution is 2.07. The summed E-state index contributed by atoms with van der Waals surface area (Å²) in [5, 5.41) is 12.9. The summed E-state index contributed by atoms with van der Waals surface area (Å²) >= 11 is 0. The molecule has 0 aromatic rings. The third-order valence-corrected chi connectivity index (χ3v) is 4.07. The Bertz CT molecular complexity index is 429. The van der Waals surface area contributed by atoms with Crippen LogP contribution in [0.1, 0.15) is 59.3 Å². The van der Waals surface area contributed by atoms with E-state index in [0.717, 1.165) is 65.0 Å². The number of alkyl carbamates (subject to hydrolysis) is 1. The second-order valence-electron chi connectivity index (χ2n) is 8.26. The topological polar surface area (TPSA) is 144 Å². The molecule has 0 fully saturated rings. The van der Waals surface area contributed by atoms with Crippen LogP contribution in [0.5, 0.6) is 0 Å². The van der Waals surface area contributed by atoms with Gasteiger partial charge in [0.25, 0.3) is 0 Å². The van der Waals surface area contributed by atoms with E-state index >= 15 is 0 Å². The van der Waals surface area contributed by atoms with Gasteiger partial charge < -0.3 is 37.5 Å². The quantitative estimate of drug-likeness (QED) is 0.178. The van der Waals surface area contributed by atoms with Crippen LogP contribution in [0.4, 0.5) is 4.79 Å². The molecule has 0 aliphatic heterocycles. The first-order valence-electron chi connectivity index (χ1n) is 10.8. The van der Waals surface area contributed by atoms with Crippen molar-refractivity contribution < 1.29 is 14.3 Å². The zero-order chi connectivity index (χ0) is 22.0. The maximum Gasteiger partial charge on any atom is 0.407 e. The van der Waals surface area contributed by atoms with Gasteiger partial charge in [0, 0.05) is 19.0 Å². The minimum atomic E-state index is -0.558. The van der Waals surface area contributed by atoms with Gasteiger partial charge in [0.15, 0.2) is 0 Å². The maximum atomic E-state index is 12.0. The molecule has 29 heavy (non-hydrogen) atoms. The highest BCUT2D eigenvalue weighted by Gasteiger charge is 2.19. The summed E-state index contributed by atoms with van der Waals surface area (Å²) in [5.41, 5.74) is 10.1. The number of hydrogen-bond acceptors (Lipinski definition) is 7. The lowest BCUT2D eigenvalue weighted by Gasteiger charge is -2.23. The van der Waals surface area contributed by atoms with Crippen molar-refractivity contribution in [3.8, 4) is 0 Å². The molecule has 0 aliphatic carbocycles. The number of nitrogens with two attached hydrogens (primary N) is 2. The number of rotatable bonds is 18. The van der Waals surface area contributed by atoms with Crippen LogP contribution in [-0.2, 0) is 9.53 Å². The SMILES string of the molecule is CC(C)(C)OC(=O)N[C@@H](CCC(N)=O)CNCCCNCCCCNCCCN. The summed E-state index contributed by atoms with van der Waals surface area (Å²) in [6.45, 7) is 11.6. The molecule has 2 amide bonds. The van der Waals surface area contributed by atoms with Crippen LogP contribution in [0, 0.1) is 0 Å². The molecular weight excluding hydrogens is 372 g/mol. The van der Waals surface area contributed by atoms with E-state index in [9.17, 15) is 9.59 Å². The van der Waals surface area contributed by atoms with E-state index in [2.05, 4.69) is 21.3 Å². The van der Waals surface area contributed by atoms with Gasteiger partial charge in [-0.3, -0.25) is 4.79 Å². The molecule has 0 aromatic carbocycles. The normalized spacial score (nSPS) is 12.6. The summed E-state index contributed by atoms with van der Waals surface area (Å²) in [6.07, 6.45) is 4.56. The van der Waals surface area contributed by atoms with E-state index in [1.165, 1.54) is 0 Å². The monoisotopic (exact) mass is 416 g/mol. The minimum Gasteiger partial charge on any atom is -0.444 e. The van der Waals surface area contributed by atoms with Crippen molar-refractivity contribution in [1.82, 2.24) is 21.3 Å². The number of primary amides is 1. The molecule has 1 atom stereocenters. The van der Waals surface area contributed by atoms with Gasteiger partial charge in [0.1, 0.15) is 5.60 Å². The summed E-state index contributed by atoms with van der Waals surface area (Å²) in [5.74, 6) is -0.375. The van der Waals surface area contributed by atoms with Crippen molar-refractivity contribution in [3.05, 3.63) is 0 Å². The van der Waals surface area contributed by atoms with E-state index in [1.54, 1.807) is 0 Å². The van der Waals surface area contributed by atoms with Crippen LogP contribution < -0.4 is 32.7 Å². The predicted octanol–water partition coefficient (Wildman–Crippen LogP) is 0.433. The smallest absolute Gasteiger partial charge is 0.407 e. The molecule has 9 nitrogen and oxygen atoms in total. The number of carbonyl (C=O) groups is 2. The van der Waals surface area contributed by atoms with E-state index in [4.69, 9.17) is 16.2 Å². The predicted molar refractivity (Wildman–Crippen MR) is 118 cm³/mol. The van der Waals surface area contributed by atoms with E-state index in [1.807, 2.05) is 20.8 Å². The lowest BCUT2D eigenvalue weighted by molar-refractivity contribution is -0.118. The lowest BCUT2D eigenvalue weighted by atomic mass is 10.1. The van der Waals surface area contributed by atoms with Gasteiger partial charge in [-0.2, -0.15) is 0 Å². The second kappa shape index (κ2) is 17.4. The Kier molecular flexibility index (Phi) is 16.6. The molecule has 0 aromatic heterocycles. The van der Waals surface area contributed by atoms with Gasteiger partial charge in [-0.1, -0.05) is 0 Å². The standard InChI is InChI=1S/C20H44N6O3/c1-20(2,3)29-19(28)26-17(8-9-18(22)27)16-25-15-7-14-24-12-5-4-11-23-13-6-10-21/h17,23-25H,4-16,21H2,1-3H3,(H2,22,27)(H,26,28)/t17-/m0/s1. The van der Waals surface area contributed by atoms with E-state index in [-0.39, 0.29) is 18.4 Å². The van der Waals surface area contributed by atoms with Gasteiger partial charge in [-0.15, -0.1) is 0 Å². The maximum absolute atomic E-state index is 12.0. The second-order valence-corrected chi connectivity index (χ2v) is 8.26. The Labute approximate surface area is 176 Å². The first-order valence-corrected chi connectivity index (χ1v) is 10.8. The van der Waals surface area contributed by atoms with Crippen LogP contribution >= 0.6 is 0 Å². The Balaban J connectivity index is 3.79. The molecule has 0 aliphatic rings. The molecular formula is C20H44N6O3. The van der Waals surface area contributed by atoms with Crippen LogP contribution in [0.2, 0.25) is 0 Å². The summed E-state index contributed by atoms with van der Waals surface area (Å²) in [6, 6.07) is -0.197. The van der Waals surface area contributed by atoms with Gasteiger partial charge in [0.05, 0.1) is 0 Å². The summed E-state index contributed by atoms with van der Waals surface area (Å²) in [7, 11) is 0. The van der Waals surface area contributed by atoms with E-state index in [0.29, 0.717) is 13.0 Å². The van der Waals surface area contributed by atoms with Crippen molar-refractivity contribution >= 4 is 12.0 Å². The summed E-state index contributed by atoms with van der Waals surface area (Å²) in [4.78, 5) is 23.0. The first kappa shape index (κ1) is 27.6. The molecule has 0 saturated carbocycles. The van der Waals surface area contributed by atoms with E-state index < -0.39 is 11.7 Å². The van der Waals surface area contributed by atoms with Gasteiger partial charge >= 0.3 is 6.09 Å². The molecule has 0 saturated heterocycles. The zero-order valence-corrected chi connectivity index (χ0v) is 18.6. The molecule has 0 rings (SSSR count). The zero-order valence-electron chi connectivity index (χ0n) is 18.6. The number of carbonyl (C=O) groups excluding carboxylic acids is 2. The van der Waals surface area contributed by atoms with Crippen LogP contribution in [0.3, 0.4) is 0 Å². The van der Waals surface area contributed by atoms with Crippen molar-refractivity contribution in [1.29, 1.82) is 0 Å².